The van der Waals surface area contributed by atoms with Gasteiger partial charge in [-0.05, 0) is 42.3 Å². The summed E-state index contributed by atoms with van der Waals surface area (Å²) in [7, 11) is 0. The Morgan fingerprint density at radius 3 is 2.43 bits per heavy atom. The number of carbonyl (C=O) groups excluding carboxylic acids is 1. The molecule has 0 bridgehead atoms. The zero-order valence-electron chi connectivity index (χ0n) is 15.3. The molecule has 0 N–H and O–H groups in total. The third kappa shape index (κ3) is 4.11. The lowest BCUT2D eigenvalue weighted by Crippen LogP contribution is -2.52. The minimum absolute atomic E-state index is 0.0176. The van der Waals surface area contributed by atoms with E-state index >= 15 is 0 Å². The first-order valence-corrected chi connectivity index (χ1v) is 10.5. The van der Waals surface area contributed by atoms with Crippen molar-refractivity contribution in [1.82, 2.24) is 4.90 Å². The lowest BCUT2D eigenvalue weighted by Gasteiger charge is -2.44. The molecule has 0 radical (unpaired) electrons. The van der Waals surface area contributed by atoms with Crippen molar-refractivity contribution in [2.24, 2.45) is 5.92 Å². The van der Waals surface area contributed by atoms with Gasteiger partial charge in [0.25, 0.3) is 0 Å². The first-order chi connectivity index (χ1) is 13.5. The Kier molecular flexibility index (Phi) is 6.02. The molecule has 28 heavy (non-hydrogen) atoms. The molecule has 2 saturated heterocycles. The Morgan fingerprint density at radius 1 is 1.00 bits per heavy atom. The summed E-state index contributed by atoms with van der Waals surface area (Å²) >= 11 is 18.7. The van der Waals surface area contributed by atoms with E-state index in [-0.39, 0.29) is 17.9 Å². The average Bonchev–Trinajstić information content (AvgIpc) is 3.23. The van der Waals surface area contributed by atoms with Crippen LogP contribution >= 0.6 is 34.8 Å². The number of benzene rings is 2. The Labute approximate surface area is 179 Å². The summed E-state index contributed by atoms with van der Waals surface area (Å²) in [6, 6.07) is 13.3. The van der Waals surface area contributed by atoms with Crippen LogP contribution in [0.2, 0.25) is 15.1 Å². The van der Waals surface area contributed by atoms with E-state index in [4.69, 9.17) is 39.5 Å². The number of ether oxygens (including phenoxy) is 1. The molecule has 2 fully saturated rings. The molecule has 2 unspecified atom stereocenters. The van der Waals surface area contributed by atoms with Crippen LogP contribution in [0.15, 0.2) is 42.5 Å². The molecule has 148 valence electrons. The van der Waals surface area contributed by atoms with Gasteiger partial charge in [-0.15, -0.1) is 0 Å². The lowest BCUT2D eigenvalue weighted by atomic mass is 9.99. The number of hydrogen-bond donors (Lipinski definition) is 0. The number of anilines is 1. The van der Waals surface area contributed by atoms with E-state index in [1.54, 1.807) is 6.07 Å². The van der Waals surface area contributed by atoms with Crippen molar-refractivity contribution < 1.29 is 9.53 Å². The summed E-state index contributed by atoms with van der Waals surface area (Å²) in [4.78, 5) is 17.2. The third-order valence-electron chi connectivity index (χ3n) is 5.44. The van der Waals surface area contributed by atoms with E-state index in [0.717, 1.165) is 17.7 Å². The number of rotatable bonds is 3. The fraction of sp³-hybridized carbons (Fsp3) is 0.381. The normalized spacial score (nSPS) is 22.5. The van der Waals surface area contributed by atoms with Gasteiger partial charge in [-0.3, -0.25) is 4.79 Å². The highest BCUT2D eigenvalue weighted by molar-refractivity contribution is 6.36. The molecule has 2 aromatic carbocycles. The smallest absolute Gasteiger partial charge is 0.228 e. The first kappa shape index (κ1) is 19.8. The van der Waals surface area contributed by atoms with E-state index in [0.29, 0.717) is 47.9 Å². The summed E-state index contributed by atoms with van der Waals surface area (Å²) in [6.07, 6.45) is 0.799. The molecular weight excluding hydrogens is 419 g/mol. The number of hydrogen-bond acceptors (Lipinski definition) is 3. The van der Waals surface area contributed by atoms with Gasteiger partial charge < -0.3 is 14.5 Å². The predicted molar refractivity (Wildman–Crippen MR) is 114 cm³/mol. The van der Waals surface area contributed by atoms with Crippen LogP contribution < -0.4 is 4.90 Å². The van der Waals surface area contributed by atoms with E-state index in [2.05, 4.69) is 4.90 Å². The molecule has 0 aromatic heterocycles. The SMILES string of the molecule is O=C(C1CCOC1)N1CCN(c2ccc(Cl)cc2Cl)C(c2ccc(Cl)cc2)C1. The van der Waals surface area contributed by atoms with E-state index in [1.165, 1.54) is 0 Å². The van der Waals surface area contributed by atoms with Gasteiger partial charge in [0.2, 0.25) is 5.91 Å². The quantitative estimate of drug-likeness (QED) is 0.669. The van der Waals surface area contributed by atoms with Crippen molar-refractivity contribution in [3.05, 3.63) is 63.1 Å². The fourth-order valence-electron chi connectivity index (χ4n) is 3.94. The molecule has 4 rings (SSSR count). The van der Waals surface area contributed by atoms with Crippen LogP contribution in [0.3, 0.4) is 0 Å². The Bertz CT molecular complexity index is 853. The zero-order chi connectivity index (χ0) is 19.7. The molecule has 2 aliphatic rings. The fourth-order valence-corrected chi connectivity index (χ4v) is 4.59. The van der Waals surface area contributed by atoms with Gasteiger partial charge in [0, 0.05) is 36.3 Å². The molecule has 0 saturated carbocycles. The molecular formula is C21H21Cl3N2O2. The summed E-state index contributed by atoms with van der Waals surface area (Å²) in [5, 5.41) is 1.90. The van der Waals surface area contributed by atoms with Crippen LogP contribution in [0.25, 0.3) is 0 Å². The third-order valence-corrected chi connectivity index (χ3v) is 6.23. The van der Waals surface area contributed by atoms with Crippen molar-refractivity contribution in [3.63, 3.8) is 0 Å². The van der Waals surface area contributed by atoms with Crippen LogP contribution in [0.5, 0.6) is 0 Å². The second-order valence-electron chi connectivity index (χ2n) is 7.20. The number of carbonyl (C=O) groups is 1. The maximum absolute atomic E-state index is 12.9. The van der Waals surface area contributed by atoms with Crippen LogP contribution in [0.1, 0.15) is 18.0 Å². The van der Waals surface area contributed by atoms with Crippen LogP contribution in [0.4, 0.5) is 5.69 Å². The number of amides is 1. The van der Waals surface area contributed by atoms with Crippen molar-refractivity contribution in [1.29, 1.82) is 0 Å². The van der Waals surface area contributed by atoms with Gasteiger partial charge in [-0.25, -0.2) is 0 Å². The summed E-state index contributed by atoms with van der Waals surface area (Å²) in [5.41, 5.74) is 2.01. The number of nitrogens with zero attached hydrogens (tertiary/aromatic N) is 2. The number of piperazine rings is 1. The van der Waals surface area contributed by atoms with Gasteiger partial charge in [0.15, 0.2) is 0 Å². The second-order valence-corrected chi connectivity index (χ2v) is 8.48. The highest BCUT2D eigenvalue weighted by Crippen LogP contribution is 2.37. The lowest BCUT2D eigenvalue weighted by molar-refractivity contribution is -0.136. The van der Waals surface area contributed by atoms with Crippen molar-refractivity contribution in [2.75, 3.05) is 37.7 Å². The van der Waals surface area contributed by atoms with Crippen LogP contribution in [0, 0.1) is 5.92 Å². The highest BCUT2D eigenvalue weighted by atomic mass is 35.5. The van der Waals surface area contributed by atoms with E-state index in [1.807, 2.05) is 41.3 Å². The monoisotopic (exact) mass is 438 g/mol. The molecule has 2 atom stereocenters. The topological polar surface area (TPSA) is 32.8 Å². The average molecular weight is 440 g/mol. The summed E-state index contributed by atoms with van der Waals surface area (Å²) < 4.78 is 5.41. The largest absolute Gasteiger partial charge is 0.381 e. The second kappa shape index (κ2) is 8.50. The van der Waals surface area contributed by atoms with Crippen LogP contribution in [-0.4, -0.2) is 43.7 Å². The molecule has 7 heteroatoms. The number of halogens is 3. The van der Waals surface area contributed by atoms with Crippen molar-refractivity contribution in [3.8, 4) is 0 Å². The highest BCUT2D eigenvalue weighted by Gasteiger charge is 2.35. The first-order valence-electron chi connectivity index (χ1n) is 9.36. The molecule has 2 aromatic rings. The Balaban J connectivity index is 1.64. The standard InChI is InChI=1S/C21H21Cl3N2O2/c22-16-3-1-14(2-4-16)20-12-25(21(27)15-7-10-28-13-15)8-9-26(20)19-6-5-17(23)11-18(19)24/h1-6,11,15,20H,7-10,12-13H2. The molecule has 0 spiro atoms. The van der Waals surface area contributed by atoms with Gasteiger partial charge in [-0.2, -0.15) is 0 Å². The van der Waals surface area contributed by atoms with Crippen molar-refractivity contribution in [2.45, 2.75) is 12.5 Å². The summed E-state index contributed by atoms with van der Waals surface area (Å²) in [5.74, 6) is 0.148. The molecule has 4 nitrogen and oxygen atoms in total. The maximum atomic E-state index is 12.9. The van der Waals surface area contributed by atoms with Gasteiger partial charge >= 0.3 is 0 Å². The molecule has 1 amide bonds. The van der Waals surface area contributed by atoms with E-state index < -0.39 is 0 Å². The molecule has 2 heterocycles. The van der Waals surface area contributed by atoms with Crippen molar-refractivity contribution >= 4 is 46.4 Å². The molecule has 2 aliphatic heterocycles. The Hall–Kier alpha value is -1.46. The van der Waals surface area contributed by atoms with Crippen LogP contribution in [-0.2, 0) is 9.53 Å². The Morgan fingerprint density at radius 2 is 1.75 bits per heavy atom. The maximum Gasteiger partial charge on any atom is 0.228 e. The molecule has 0 aliphatic carbocycles. The minimum atomic E-state index is -0.0310. The van der Waals surface area contributed by atoms with Gasteiger partial charge in [0.05, 0.1) is 29.3 Å². The van der Waals surface area contributed by atoms with E-state index in [9.17, 15) is 4.79 Å². The predicted octanol–water partition coefficient (Wildman–Crippen LogP) is 5.07. The zero-order valence-corrected chi connectivity index (χ0v) is 17.6. The summed E-state index contributed by atoms with van der Waals surface area (Å²) in [6.45, 7) is 3.12. The van der Waals surface area contributed by atoms with Gasteiger partial charge in [0.1, 0.15) is 0 Å². The minimum Gasteiger partial charge on any atom is -0.381 e. The van der Waals surface area contributed by atoms with Gasteiger partial charge in [-0.1, -0.05) is 46.9 Å².